The van der Waals surface area contributed by atoms with Gasteiger partial charge in [0.1, 0.15) is 11.2 Å². The molecule has 2 heterocycles. The molecule has 2 aromatic heterocycles. The molecule has 0 bridgehead atoms. The van der Waals surface area contributed by atoms with Crippen molar-refractivity contribution in [3.8, 4) is 44.8 Å². The highest BCUT2D eigenvalue weighted by Gasteiger charge is 2.16. The third-order valence-corrected chi connectivity index (χ3v) is 7.30. The Kier molecular flexibility index (Phi) is 5.74. The summed E-state index contributed by atoms with van der Waals surface area (Å²) in [4.78, 5) is 9.74. The fourth-order valence-electron chi connectivity index (χ4n) is 5.06. The van der Waals surface area contributed by atoms with Crippen molar-refractivity contribution in [1.82, 2.24) is 9.97 Å². The first kappa shape index (κ1) is 22.9. The average molecular weight is 600 g/mol. The number of para-hydroxylation sites is 1. The van der Waals surface area contributed by atoms with E-state index in [-0.39, 0.29) is 0 Å². The van der Waals surface area contributed by atoms with Crippen LogP contribution >= 0.6 is 22.6 Å². The third-order valence-electron chi connectivity index (χ3n) is 6.82. The first-order chi connectivity index (χ1) is 18.7. The Balaban J connectivity index is 1.44. The minimum absolute atomic E-state index is 0.700. The Bertz CT molecular complexity index is 1870. The lowest BCUT2D eigenvalue weighted by Gasteiger charge is -2.12. The number of furan rings is 1. The Hall–Kier alpha value is -4.29. The molecule has 0 unspecified atom stereocenters. The molecule has 0 aliphatic heterocycles. The van der Waals surface area contributed by atoms with Crippen molar-refractivity contribution in [2.45, 2.75) is 0 Å². The molecule has 0 saturated carbocycles. The summed E-state index contributed by atoms with van der Waals surface area (Å²) in [5.74, 6) is 0. The van der Waals surface area contributed by atoms with Crippen molar-refractivity contribution in [2.75, 3.05) is 0 Å². The van der Waals surface area contributed by atoms with Gasteiger partial charge in [-0.1, -0.05) is 91.0 Å². The van der Waals surface area contributed by atoms with Gasteiger partial charge in [0.25, 0.3) is 0 Å². The van der Waals surface area contributed by atoms with Gasteiger partial charge in [0.05, 0.1) is 11.4 Å². The van der Waals surface area contributed by atoms with Crippen molar-refractivity contribution >= 4 is 44.5 Å². The molecule has 0 saturated heterocycles. The van der Waals surface area contributed by atoms with Gasteiger partial charge in [0.2, 0.25) is 0 Å². The van der Waals surface area contributed by atoms with Crippen LogP contribution in [0.2, 0.25) is 0 Å². The molecule has 0 spiro atoms. The van der Waals surface area contributed by atoms with Gasteiger partial charge in [-0.15, -0.1) is 0 Å². The minimum atomic E-state index is 0.700. The molecule has 0 fully saturated rings. The summed E-state index contributed by atoms with van der Waals surface area (Å²) < 4.78 is 6.84. The van der Waals surface area contributed by atoms with E-state index < -0.39 is 0 Å². The number of fused-ring (bicyclic) bond motifs is 3. The van der Waals surface area contributed by atoms with Gasteiger partial charge in [-0.25, -0.2) is 9.97 Å². The van der Waals surface area contributed by atoms with Crippen LogP contribution in [0.4, 0.5) is 0 Å². The predicted octanol–water partition coefficient (Wildman–Crippen LogP) is 9.65. The summed E-state index contributed by atoms with van der Waals surface area (Å²) in [6, 6.07) is 44.1. The molecular weight excluding hydrogens is 579 g/mol. The number of hydrogen-bond acceptors (Lipinski definition) is 3. The maximum Gasteiger partial charge on any atom is 0.191 e. The summed E-state index contributed by atoms with van der Waals surface area (Å²) in [7, 11) is 0. The second-order valence-corrected chi connectivity index (χ2v) is 10.2. The monoisotopic (exact) mass is 600 g/mol. The van der Waals surface area contributed by atoms with E-state index in [1.165, 1.54) is 11.1 Å². The number of nitrogens with zero attached hydrogens (tertiary/aromatic N) is 2. The summed E-state index contributed by atoms with van der Waals surface area (Å²) >= 11 is 2.22. The van der Waals surface area contributed by atoms with E-state index in [9.17, 15) is 0 Å². The molecule has 3 nitrogen and oxygen atoms in total. The third kappa shape index (κ3) is 4.17. The molecular formula is C34H21IN2O. The quantitative estimate of drug-likeness (QED) is 0.149. The van der Waals surface area contributed by atoms with Crippen LogP contribution in [0.25, 0.3) is 66.7 Å². The first-order valence-electron chi connectivity index (χ1n) is 12.4. The molecule has 4 heteroatoms. The molecule has 0 radical (unpaired) electrons. The van der Waals surface area contributed by atoms with Crippen LogP contribution < -0.4 is 0 Å². The fraction of sp³-hybridized carbons (Fsp3) is 0. The van der Waals surface area contributed by atoms with Gasteiger partial charge in [-0.05, 0) is 58.7 Å². The Labute approximate surface area is 234 Å². The molecule has 0 aliphatic carbocycles. The van der Waals surface area contributed by atoms with E-state index in [0.717, 1.165) is 55.6 Å². The van der Waals surface area contributed by atoms with Crippen LogP contribution in [0.1, 0.15) is 0 Å². The van der Waals surface area contributed by atoms with Crippen molar-refractivity contribution < 1.29 is 4.42 Å². The van der Waals surface area contributed by atoms with E-state index in [0.29, 0.717) is 3.83 Å². The van der Waals surface area contributed by atoms with E-state index in [2.05, 4.69) is 108 Å². The molecule has 38 heavy (non-hydrogen) atoms. The van der Waals surface area contributed by atoms with Crippen molar-refractivity contribution in [1.29, 1.82) is 0 Å². The largest absolute Gasteiger partial charge is 0.456 e. The summed E-state index contributed by atoms with van der Waals surface area (Å²) in [6.07, 6.45) is 0. The zero-order chi connectivity index (χ0) is 25.5. The molecule has 7 aromatic rings. The van der Waals surface area contributed by atoms with Gasteiger partial charge < -0.3 is 4.42 Å². The lowest BCUT2D eigenvalue weighted by Crippen LogP contribution is -1.96. The van der Waals surface area contributed by atoms with E-state index in [1.54, 1.807) is 0 Å². The zero-order valence-electron chi connectivity index (χ0n) is 20.3. The van der Waals surface area contributed by atoms with Gasteiger partial charge >= 0.3 is 0 Å². The molecule has 5 aromatic carbocycles. The zero-order valence-corrected chi connectivity index (χ0v) is 22.5. The van der Waals surface area contributed by atoms with Gasteiger partial charge in [0.15, 0.2) is 3.83 Å². The second kappa shape index (κ2) is 9.54. The smallest absolute Gasteiger partial charge is 0.191 e. The fourth-order valence-corrected chi connectivity index (χ4v) is 5.58. The lowest BCUT2D eigenvalue weighted by atomic mass is 9.94. The van der Waals surface area contributed by atoms with E-state index in [4.69, 9.17) is 14.4 Å². The van der Waals surface area contributed by atoms with Crippen molar-refractivity contribution in [2.24, 2.45) is 0 Å². The number of aromatic nitrogens is 2. The summed E-state index contributed by atoms with van der Waals surface area (Å²) in [5.41, 5.74) is 10.2. The van der Waals surface area contributed by atoms with Gasteiger partial charge in [-0.2, -0.15) is 0 Å². The molecule has 0 amide bonds. The van der Waals surface area contributed by atoms with Crippen LogP contribution in [-0.4, -0.2) is 9.97 Å². The topological polar surface area (TPSA) is 38.9 Å². The van der Waals surface area contributed by atoms with Crippen LogP contribution in [0.3, 0.4) is 0 Å². The highest BCUT2D eigenvalue weighted by Crippen LogP contribution is 2.38. The molecule has 180 valence electrons. The normalized spacial score (nSPS) is 11.3. The maximum absolute atomic E-state index is 6.14. The molecule has 7 rings (SSSR count). The van der Waals surface area contributed by atoms with Crippen LogP contribution in [0, 0.1) is 3.83 Å². The van der Waals surface area contributed by atoms with Crippen LogP contribution in [-0.2, 0) is 0 Å². The standard InChI is InChI=1S/C34H21IN2O/c35-34-36-29(21-30(37-34)27-15-9-17-32-33(27)28-14-7-8-16-31(28)38-32)26-19-24(22-10-3-1-4-11-22)18-25(20-26)23-12-5-2-6-13-23/h1-21H. The Morgan fingerprint density at radius 2 is 1.05 bits per heavy atom. The number of halogens is 1. The van der Waals surface area contributed by atoms with Crippen LogP contribution in [0.15, 0.2) is 132 Å². The molecule has 0 atom stereocenters. The van der Waals surface area contributed by atoms with Crippen molar-refractivity contribution in [3.63, 3.8) is 0 Å². The second-order valence-electron chi connectivity index (χ2n) is 9.22. The summed E-state index contributed by atoms with van der Waals surface area (Å²) in [6.45, 7) is 0. The van der Waals surface area contributed by atoms with Gasteiger partial charge in [0, 0.05) is 44.5 Å². The number of benzene rings is 5. The molecule has 0 N–H and O–H groups in total. The van der Waals surface area contributed by atoms with Crippen LogP contribution in [0.5, 0.6) is 0 Å². The average Bonchev–Trinajstić information content (AvgIpc) is 3.36. The Morgan fingerprint density at radius 1 is 0.474 bits per heavy atom. The van der Waals surface area contributed by atoms with E-state index in [1.807, 2.05) is 42.5 Å². The predicted molar refractivity (Wildman–Crippen MR) is 164 cm³/mol. The lowest BCUT2D eigenvalue weighted by molar-refractivity contribution is 0.669. The maximum atomic E-state index is 6.14. The van der Waals surface area contributed by atoms with Gasteiger partial charge in [-0.3, -0.25) is 0 Å². The number of hydrogen-bond donors (Lipinski definition) is 0. The van der Waals surface area contributed by atoms with E-state index >= 15 is 0 Å². The minimum Gasteiger partial charge on any atom is -0.456 e. The highest BCUT2D eigenvalue weighted by molar-refractivity contribution is 14.1. The highest BCUT2D eigenvalue weighted by atomic mass is 127. The Morgan fingerprint density at radius 3 is 1.76 bits per heavy atom. The number of rotatable bonds is 4. The summed E-state index contributed by atoms with van der Waals surface area (Å²) in [5, 5.41) is 2.16. The SMILES string of the molecule is Ic1nc(-c2cc(-c3ccccc3)cc(-c3ccccc3)c2)cc(-c2cccc3oc4ccccc4c23)n1. The first-order valence-corrected chi connectivity index (χ1v) is 13.5. The molecule has 0 aliphatic rings. The van der Waals surface area contributed by atoms with Crippen molar-refractivity contribution in [3.05, 3.63) is 131 Å².